The quantitative estimate of drug-likeness (QED) is 0.597. The highest BCUT2D eigenvalue weighted by atomic mass is 16.4. The fraction of sp³-hybridized carbons (Fsp3) is 0.192. The number of anilines is 1. The molecular weight excluding hydrogens is 404 g/mol. The monoisotopic (exact) mass is 428 g/mol. The first-order chi connectivity index (χ1) is 15.3. The maximum Gasteiger partial charge on any atom is 0.326 e. The first-order valence-electron chi connectivity index (χ1n) is 10.5. The van der Waals surface area contributed by atoms with Gasteiger partial charge < -0.3 is 15.3 Å². The number of aliphatic carboxylic acids is 1. The van der Waals surface area contributed by atoms with Crippen LogP contribution in [-0.4, -0.2) is 33.8 Å². The van der Waals surface area contributed by atoms with E-state index < -0.39 is 12.0 Å². The summed E-state index contributed by atoms with van der Waals surface area (Å²) in [6.45, 7) is 3.89. The molecule has 0 radical (unpaired) electrons. The Morgan fingerprint density at radius 1 is 0.938 bits per heavy atom. The number of carboxylic acid groups (broad SMARTS) is 1. The lowest BCUT2D eigenvalue weighted by Gasteiger charge is -2.27. The summed E-state index contributed by atoms with van der Waals surface area (Å²) >= 11 is 0. The van der Waals surface area contributed by atoms with E-state index >= 15 is 0 Å². The third kappa shape index (κ3) is 4.12. The minimum atomic E-state index is -0.991. The van der Waals surface area contributed by atoms with Crippen LogP contribution in [0.4, 0.5) is 5.69 Å². The molecule has 0 bridgehead atoms. The Balaban J connectivity index is 1.52. The maximum atomic E-state index is 12.8. The van der Waals surface area contributed by atoms with Crippen LogP contribution in [0.3, 0.4) is 0 Å². The number of fused-ring (bicyclic) bond motifs is 1. The highest BCUT2D eigenvalue weighted by molar-refractivity contribution is 6.04. The summed E-state index contributed by atoms with van der Waals surface area (Å²) in [5.74, 6) is -1.60. The second-order valence-electron chi connectivity index (χ2n) is 8.23. The van der Waals surface area contributed by atoms with Crippen LogP contribution >= 0.6 is 0 Å². The van der Waals surface area contributed by atoms with E-state index in [0.717, 1.165) is 16.7 Å². The van der Waals surface area contributed by atoms with Crippen LogP contribution in [0.2, 0.25) is 0 Å². The number of carbonyl (C=O) groups excluding carboxylic acids is 2. The van der Waals surface area contributed by atoms with Crippen molar-refractivity contribution in [3.63, 3.8) is 0 Å². The number of nitrogens with one attached hydrogen (secondary N) is 1. The van der Waals surface area contributed by atoms with Gasteiger partial charge in [0.2, 0.25) is 0 Å². The van der Waals surface area contributed by atoms with E-state index in [1.165, 1.54) is 4.90 Å². The highest BCUT2D eigenvalue weighted by Gasteiger charge is 2.38. The summed E-state index contributed by atoms with van der Waals surface area (Å²) < 4.78 is 0. The van der Waals surface area contributed by atoms with Crippen LogP contribution in [0.25, 0.3) is 11.1 Å². The van der Waals surface area contributed by atoms with Crippen LogP contribution in [0.1, 0.15) is 40.1 Å². The molecule has 0 fully saturated rings. The van der Waals surface area contributed by atoms with Gasteiger partial charge in [0.25, 0.3) is 11.8 Å². The number of nitrogens with zero attached hydrogens (tertiary/aromatic N) is 1. The summed E-state index contributed by atoms with van der Waals surface area (Å²) in [6.07, 6.45) is 0. The Bertz CT molecular complexity index is 1170. The van der Waals surface area contributed by atoms with Crippen molar-refractivity contribution in [2.24, 2.45) is 5.92 Å². The Labute approximate surface area is 186 Å². The molecule has 1 aliphatic heterocycles. The fourth-order valence-corrected chi connectivity index (χ4v) is 4.06. The predicted octanol–water partition coefficient (Wildman–Crippen LogP) is 4.67. The Kier molecular flexibility index (Phi) is 5.77. The average molecular weight is 428 g/mol. The predicted molar refractivity (Wildman–Crippen MR) is 122 cm³/mol. The molecule has 1 atom stereocenters. The molecule has 0 spiro atoms. The Morgan fingerprint density at radius 3 is 2.22 bits per heavy atom. The van der Waals surface area contributed by atoms with Crippen LogP contribution < -0.4 is 5.32 Å². The van der Waals surface area contributed by atoms with E-state index in [2.05, 4.69) is 5.32 Å². The summed E-state index contributed by atoms with van der Waals surface area (Å²) in [4.78, 5) is 38.2. The first-order valence-corrected chi connectivity index (χ1v) is 10.5. The molecule has 2 amide bonds. The van der Waals surface area contributed by atoms with Crippen molar-refractivity contribution in [2.75, 3.05) is 5.32 Å². The van der Waals surface area contributed by atoms with Crippen molar-refractivity contribution in [3.8, 4) is 11.1 Å². The summed E-state index contributed by atoms with van der Waals surface area (Å²) in [5, 5.41) is 12.4. The minimum absolute atomic E-state index is 0.173. The van der Waals surface area contributed by atoms with Gasteiger partial charge in [0.05, 0.1) is 0 Å². The van der Waals surface area contributed by atoms with E-state index in [1.807, 2.05) is 54.6 Å². The Hall–Kier alpha value is -3.93. The van der Waals surface area contributed by atoms with Gasteiger partial charge in [-0.25, -0.2) is 4.79 Å². The number of hydrogen-bond donors (Lipinski definition) is 2. The summed E-state index contributed by atoms with van der Waals surface area (Å²) in [5.41, 5.74) is 4.51. The van der Waals surface area contributed by atoms with Crippen molar-refractivity contribution in [1.82, 2.24) is 4.90 Å². The third-order valence-electron chi connectivity index (χ3n) is 5.67. The zero-order valence-corrected chi connectivity index (χ0v) is 17.9. The lowest BCUT2D eigenvalue weighted by molar-refractivity contribution is -0.144. The molecule has 1 heterocycles. The van der Waals surface area contributed by atoms with Gasteiger partial charge in [-0.1, -0.05) is 50.2 Å². The normalized spacial score (nSPS) is 13.7. The molecule has 32 heavy (non-hydrogen) atoms. The van der Waals surface area contributed by atoms with E-state index in [-0.39, 0.29) is 24.3 Å². The number of amides is 2. The zero-order valence-electron chi connectivity index (χ0n) is 17.9. The van der Waals surface area contributed by atoms with Gasteiger partial charge in [0, 0.05) is 23.4 Å². The molecule has 0 saturated carbocycles. The molecule has 1 unspecified atom stereocenters. The van der Waals surface area contributed by atoms with Crippen molar-refractivity contribution >= 4 is 23.5 Å². The van der Waals surface area contributed by atoms with Crippen molar-refractivity contribution in [1.29, 1.82) is 0 Å². The first kappa shape index (κ1) is 21.3. The molecular formula is C26H24N2O4. The highest BCUT2D eigenvalue weighted by Crippen LogP contribution is 2.31. The molecule has 2 N–H and O–H groups in total. The summed E-state index contributed by atoms with van der Waals surface area (Å²) in [7, 11) is 0. The molecule has 6 nitrogen and oxygen atoms in total. The smallest absolute Gasteiger partial charge is 0.326 e. The van der Waals surface area contributed by atoms with Gasteiger partial charge in [-0.2, -0.15) is 0 Å². The standard InChI is InChI=1S/C26H24N2O4/c1-16(2)23(26(31)32)28-15-20-14-19(10-13-22(20)25(28)30)17-8-11-21(12-9-17)27-24(29)18-6-4-3-5-7-18/h3-14,16,23H,15H2,1-2H3,(H,27,29)(H,31,32). The number of rotatable bonds is 6. The van der Waals surface area contributed by atoms with Crippen LogP contribution in [0, 0.1) is 5.92 Å². The lowest BCUT2D eigenvalue weighted by atomic mass is 10.0. The van der Waals surface area contributed by atoms with Crippen molar-refractivity contribution < 1.29 is 19.5 Å². The molecule has 3 aromatic carbocycles. The van der Waals surface area contributed by atoms with Crippen LogP contribution in [0.5, 0.6) is 0 Å². The van der Waals surface area contributed by atoms with E-state index in [1.54, 1.807) is 32.0 Å². The number of carbonyl (C=O) groups is 3. The molecule has 162 valence electrons. The van der Waals surface area contributed by atoms with Gasteiger partial charge >= 0.3 is 5.97 Å². The third-order valence-corrected chi connectivity index (χ3v) is 5.67. The fourth-order valence-electron chi connectivity index (χ4n) is 4.06. The van der Waals surface area contributed by atoms with E-state index in [4.69, 9.17) is 0 Å². The zero-order chi connectivity index (χ0) is 22.8. The Morgan fingerprint density at radius 2 is 1.59 bits per heavy atom. The topological polar surface area (TPSA) is 86.7 Å². The summed E-state index contributed by atoms with van der Waals surface area (Å²) in [6, 6.07) is 21.2. The van der Waals surface area contributed by atoms with E-state index in [0.29, 0.717) is 16.8 Å². The molecule has 1 aliphatic rings. The molecule has 0 aliphatic carbocycles. The molecule has 0 aromatic heterocycles. The van der Waals surface area contributed by atoms with Crippen LogP contribution in [0.15, 0.2) is 72.8 Å². The van der Waals surface area contributed by atoms with E-state index in [9.17, 15) is 19.5 Å². The molecule has 6 heteroatoms. The molecule has 4 rings (SSSR count). The molecule has 0 saturated heterocycles. The lowest BCUT2D eigenvalue weighted by Crippen LogP contribution is -2.44. The SMILES string of the molecule is CC(C)C(C(=O)O)N1Cc2cc(-c3ccc(NC(=O)c4ccccc4)cc3)ccc2C1=O. The van der Waals surface area contributed by atoms with Gasteiger partial charge in [-0.15, -0.1) is 0 Å². The number of carboxylic acids is 1. The largest absolute Gasteiger partial charge is 0.480 e. The minimum Gasteiger partial charge on any atom is -0.480 e. The van der Waals surface area contributed by atoms with Gasteiger partial charge in [-0.3, -0.25) is 9.59 Å². The molecule has 3 aromatic rings. The maximum absolute atomic E-state index is 12.8. The number of hydrogen-bond acceptors (Lipinski definition) is 3. The van der Waals surface area contributed by atoms with Gasteiger partial charge in [-0.05, 0) is 59.0 Å². The van der Waals surface area contributed by atoms with Gasteiger partial charge in [0.1, 0.15) is 6.04 Å². The van der Waals surface area contributed by atoms with Gasteiger partial charge in [0.15, 0.2) is 0 Å². The number of benzene rings is 3. The van der Waals surface area contributed by atoms with Crippen molar-refractivity contribution in [3.05, 3.63) is 89.5 Å². The second kappa shape index (κ2) is 8.67. The average Bonchev–Trinajstić information content (AvgIpc) is 3.09. The van der Waals surface area contributed by atoms with Crippen molar-refractivity contribution in [2.45, 2.75) is 26.4 Å². The van der Waals surface area contributed by atoms with Crippen LogP contribution in [-0.2, 0) is 11.3 Å². The second-order valence-corrected chi connectivity index (χ2v) is 8.23.